The number of rotatable bonds is 1. The summed E-state index contributed by atoms with van der Waals surface area (Å²) in [6.45, 7) is 0. The molecule has 0 aromatic carbocycles. The molecule has 0 radical (unpaired) electrons. The molecule has 1 aliphatic rings. The third-order valence-corrected chi connectivity index (χ3v) is 1.28. The van der Waals surface area contributed by atoms with Crippen LogP contribution in [0.2, 0.25) is 0 Å². The van der Waals surface area contributed by atoms with Crippen molar-refractivity contribution in [2.45, 2.75) is 18.9 Å². The van der Waals surface area contributed by atoms with Gasteiger partial charge in [0.15, 0.2) is 0 Å². The Morgan fingerprint density at radius 3 is 2.50 bits per heavy atom. The number of aliphatic carboxylic acids is 1. The Bertz CT molecular complexity index is 159. The second-order valence-corrected chi connectivity index (χ2v) is 1.98. The molecule has 0 aromatic rings. The van der Waals surface area contributed by atoms with E-state index in [0.717, 1.165) is 0 Å². The van der Waals surface area contributed by atoms with Crippen molar-refractivity contribution in [2.75, 3.05) is 0 Å². The molecule has 5 heteroatoms. The second-order valence-electron chi connectivity index (χ2n) is 1.98. The third-order valence-electron chi connectivity index (χ3n) is 1.28. The van der Waals surface area contributed by atoms with Gasteiger partial charge in [-0.2, -0.15) is 0 Å². The van der Waals surface area contributed by atoms with Crippen LogP contribution >= 0.6 is 0 Å². The van der Waals surface area contributed by atoms with E-state index in [2.05, 4.69) is 5.32 Å². The molecule has 4 nitrogen and oxygen atoms in total. The molecular formula is C5H6CdNO3+. The van der Waals surface area contributed by atoms with E-state index in [0.29, 0.717) is 12.8 Å². The van der Waals surface area contributed by atoms with Crippen molar-refractivity contribution in [1.29, 1.82) is 0 Å². The molecule has 0 aliphatic carbocycles. The van der Waals surface area contributed by atoms with E-state index in [4.69, 9.17) is 0 Å². The van der Waals surface area contributed by atoms with Gasteiger partial charge in [0.2, 0.25) is 5.91 Å². The van der Waals surface area contributed by atoms with Crippen molar-refractivity contribution in [2.24, 2.45) is 0 Å². The van der Waals surface area contributed by atoms with Gasteiger partial charge in [0.1, 0.15) is 0 Å². The Labute approximate surface area is 78.1 Å². The number of carbonyl (C=O) groups excluding carboxylic acids is 2. The smallest absolute Gasteiger partial charge is 0.548 e. The predicted molar refractivity (Wildman–Crippen MR) is 26.2 cm³/mol. The molecule has 0 unspecified atom stereocenters. The number of hydrogen-bond donors (Lipinski definition) is 1. The summed E-state index contributed by atoms with van der Waals surface area (Å²) in [6.07, 6.45) is 0.666. The van der Waals surface area contributed by atoms with Crippen LogP contribution in [0, 0.1) is 0 Å². The van der Waals surface area contributed by atoms with Gasteiger partial charge in [-0.15, -0.1) is 0 Å². The zero-order valence-electron chi connectivity index (χ0n) is 5.42. The van der Waals surface area contributed by atoms with Gasteiger partial charge in [-0.1, -0.05) is 0 Å². The van der Waals surface area contributed by atoms with Gasteiger partial charge in [0.05, 0.1) is 12.0 Å². The van der Waals surface area contributed by atoms with Crippen molar-refractivity contribution in [3.8, 4) is 0 Å². The molecule has 1 N–H and O–H groups in total. The zero-order chi connectivity index (χ0) is 6.85. The van der Waals surface area contributed by atoms with Crippen LogP contribution in [0.5, 0.6) is 0 Å². The van der Waals surface area contributed by atoms with Crippen LogP contribution in [-0.2, 0) is 36.9 Å². The average Bonchev–Trinajstić information content (AvgIpc) is 2.14. The summed E-state index contributed by atoms with van der Waals surface area (Å²) in [5.41, 5.74) is 0. The van der Waals surface area contributed by atoms with Crippen molar-refractivity contribution in [3.63, 3.8) is 0 Å². The molecular weight excluding hydrogens is 234 g/mol. The second kappa shape index (κ2) is 3.89. The van der Waals surface area contributed by atoms with Crippen molar-refractivity contribution in [1.82, 2.24) is 5.32 Å². The van der Waals surface area contributed by atoms with Crippen LogP contribution < -0.4 is 10.4 Å². The Hall–Kier alpha value is -0.138. The topological polar surface area (TPSA) is 69.2 Å². The first-order valence-electron chi connectivity index (χ1n) is 2.70. The quantitative estimate of drug-likeness (QED) is 0.540. The Morgan fingerprint density at radius 1 is 1.70 bits per heavy atom. The molecule has 1 rings (SSSR count). The van der Waals surface area contributed by atoms with E-state index in [1.54, 1.807) is 0 Å². The summed E-state index contributed by atoms with van der Waals surface area (Å²) >= 11 is 0. The molecule has 0 spiro atoms. The van der Waals surface area contributed by atoms with E-state index < -0.39 is 12.0 Å². The summed E-state index contributed by atoms with van der Waals surface area (Å²) in [5.74, 6) is -1.40. The molecule has 1 amide bonds. The number of carboxylic acid groups (broad SMARTS) is 1. The van der Waals surface area contributed by atoms with Gasteiger partial charge >= 0.3 is 27.3 Å². The van der Waals surface area contributed by atoms with E-state index >= 15 is 0 Å². The van der Waals surface area contributed by atoms with Crippen molar-refractivity contribution >= 4 is 11.9 Å². The summed E-state index contributed by atoms with van der Waals surface area (Å²) < 4.78 is 0. The van der Waals surface area contributed by atoms with E-state index in [1.165, 1.54) is 0 Å². The number of carbonyl (C=O) groups is 2. The average molecular weight is 241 g/mol. The molecule has 50 valence electrons. The monoisotopic (exact) mass is 242 g/mol. The predicted octanol–water partition coefficient (Wildman–Crippen LogP) is -1.99. The van der Waals surface area contributed by atoms with Crippen LogP contribution in [-0.4, -0.2) is 17.9 Å². The first-order chi connectivity index (χ1) is 4.20. The summed E-state index contributed by atoms with van der Waals surface area (Å²) in [6, 6.07) is -0.752. The van der Waals surface area contributed by atoms with Crippen LogP contribution in [0.1, 0.15) is 12.8 Å². The van der Waals surface area contributed by atoms with Gasteiger partial charge in [0, 0.05) is 6.42 Å². The van der Waals surface area contributed by atoms with Crippen LogP contribution in [0.4, 0.5) is 0 Å². The SMILES string of the molecule is O=C1CC[C@@H](C(=O)[O-])N1.[Cd+2]. The van der Waals surface area contributed by atoms with Crippen molar-refractivity contribution < 1.29 is 42.0 Å². The number of carboxylic acids is 1. The van der Waals surface area contributed by atoms with Crippen LogP contribution in [0.3, 0.4) is 0 Å². The Morgan fingerprint density at radius 2 is 2.30 bits per heavy atom. The van der Waals surface area contributed by atoms with Crippen LogP contribution in [0.15, 0.2) is 0 Å². The molecule has 1 heterocycles. The molecule has 1 fully saturated rings. The Kier molecular flexibility index (Phi) is 3.84. The largest absolute Gasteiger partial charge is 2.00 e. The van der Waals surface area contributed by atoms with Crippen LogP contribution in [0.25, 0.3) is 0 Å². The molecule has 0 bridgehead atoms. The van der Waals surface area contributed by atoms with E-state index in [-0.39, 0.29) is 33.2 Å². The van der Waals surface area contributed by atoms with Crippen molar-refractivity contribution in [3.05, 3.63) is 0 Å². The van der Waals surface area contributed by atoms with Gasteiger partial charge in [0.25, 0.3) is 0 Å². The first kappa shape index (κ1) is 9.86. The fourth-order valence-electron chi connectivity index (χ4n) is 0.791. The fraction of sp³-hybridized carbons (Fsp3) is 0.600. The summed E-state index contributed by atoms with van der Waals surface area (Å²) in [5, 5.41) is 12.3. The first-order valence-corrected chi connectivity index (χ1v) is 2.70. The molecule has 1 aliphatic heterocycles. The summed E-state index contributed by atoms with van der Waals surface area (Å²) in [4.78, 5) is 20.4. The maximum absolute atomic E-state index is 10.4. The minimum atomic E-state index is -1.19. The maximum atomic E-state index is 10.4. The molecule has 0 saturated carbocycles. The maximum Gasteiger partial charge on any atom is 2.00 e. The van der Waals surface area contributed by atoms with E-state index in [1.807, 2.05) is 0 Å². The Balaban J connectivity index is 0.000000810. The number of amides is 1. The van der Waals surface area contributed by atoms with Gasteiger partial charge in [-0.05, 0) is 6.42 Å². The molecule has 0 aromatic heterocycles. The van der Waals surface area contributed by atoms with E-state index in [9.17, 15) is 14.7 Å². The molecule has 1 atom stereocenters. The minimum Gasteiger partial charge on any atom is -0.548 e. The third kappa shape index (κ3) is 2.24. The minimum absolute atomic E-state index is 0. The fourth-order valence-corrected chi connectivity index (χ4v) is 0.791. The zero-order valence-corrected chi connectivity index (χ0v) is 9.46. The number of hydrogen-bond acceptors (Lipinski definition) is 3. The molecule has 1 saturated heterocycles. The molecule has 10 heavy (non-hydrogen) atoms. The van der Waals surface area contributed by atoms with Gasteiger partial charge in [-0.3, -0.25) is 4.79 Å². The normalized spacial score (nSPS) is 23.2. The standard InChI is InChI=1S/C5H7NO3.Cd/c7-4-2-1-3(6-4)5(8)9;/h3H,1-2H2,(H,6,7)(H,8,9);/q;+2/p-1/t3-;/m0./s1. The number of nitrogens with one attached hydrogen (secondary N) is 1. The van der Waals surface area contributed by atoms with Gasteiger partial charge < -0.3 is 15.2 Å². The summed E-state index contributed by atoms with van der Waals surface area (Å²) in [7, 11) is 0. The van der Waals surface area contributed by atoms with Gasteiger partial charge in [-0.25, -0.2) is 0 Å².